The predicted molar refractivity (Wildman–Crippen MR) is 87.5 cm³/mol. The molecule has 2 aromatic heterocycles. The second-order valence-corrected chi connectivity index (χ2v) is 6.36. The van der Waals surface area contributed by atoms with E-state index in [2.05, 4.69) is 25.4 Å². The van der Waals surface area contributed by atoms with Crippen molar-refractivity contribution in [3.8, 4) is 0 Å². The molecule has 1 fully saturated rings. The van der Waals surface area contributed by atoms with Gasteiger partial charge in [0, 0.05) is 38.2 Å². The van der Waals surface area contributed by atoms with Gasteiger partial charge < -0.3 is 9.64 Å². The first-order valence-corrected chi connectivity index (χ1v) is 8.27. The van der Waals surface area contributed by atoms with E-state index >= 15 is 0 Å². The van der Waals surface area contributed by atoms with Crippen LogP contribution in [0.15, 0.2) is 6.33 Å². The lowest BCUT2D eigenvalue weighted by Crippen LogP contribution is -2.36. The first-order valence-electron chi connectivity index (χ1n) is 8.27. The van der Waals surface area contributed by atoms with Crippen LogP contribution in [0.2, 0.25) is 0 Å². The maximum Gasteiger partial charge on any atom is 0.222 e. The highest BCUT2D eigenvalue weighted by Crippen LogP contribution is 2.29. The number of carbonyl (C=O) groups excluding carboxylic acids is 1. The van der Waals surface area contributed by atoms with Gasteiger partial charge in [0.1, 0.15) is 12.2 Å². The van der Waals surface area contributed by atoms with Crippen molar-refractivity contribution in [2.75, 3.05) is 20.2 Å². The summed E-state index contributed by atoms with van der Waals surface area (Å²) in [4.78, 5) is 18.4. The largest absolute Gasteiger partial charge is 0.376 e. The van der Waals surface area contributed by atoms with Gasteiger partial charge in [0.15, 0.2) is 0 Å². The summed E-state index contributed by atoms with van der Waals surface area (Å²) in [5.74, 6) is 1.12. The molecular weight excluding hydrogens is 308 g/mol. The molecule has 2 N–H and O–H groups in total. The average molecular weight is 332 g/mol. The Morgan fingerprint density at radius 3 is 2.92 bits per heavy atom. The minimum Gasteiger partial charge on any atom is -0.376 e. The fraction of sp³-hybridized carbons (Fsp3) is 0.625. The van der Waals surface area contributed by atoms with E-state index in [1.165, 1.54) is 6.33 Å². The van der Waals surface area contributed by atoms with Gasteiger partial charge in [0.25, 0.3) is 0 Å². The van der Waals surface area contributed by atoms with E-state index in [-0.39, 0.29) is 17.9 Å². The van der Waals surface area contributed by atoms with Crippen LogP contribution in [0.4, 0.5) is 0 Å². The van der Waals surface area contributed by atoms with Gasteiger partial charge >= 0.3 is 0 Å². The summed E-state index contributed by atoms with van der Waals surface area (Å²) in [7, 11) is 1.83. The summed E-state index contributed by atoms with van der Waals surface area (Å²) in [5, 5.41) is 14.0. The number of H-pyrrole nitrogens is 2. The quantitative estimate of drug-likeness (QED) is 0.825. The summed E-state index contributed by atoms with van der Waals surface area (Å²) in [6.45, 7) is 5.19. The topological polar surface area (TPSA) is 99.8 Å². The summed E-state index contributed by atoms with van der Waals surface area (Å²) in [6.07, 6.45) is 3.54. The number of hydrogen-bond donors (Lipinski definition) is 2. The molecule has 0 spiro atoms. The number of nitrogens with zero attached hydrogens (tertiary/aromatic N) is 4. The number of amides is 1. The molecule has 0 radical (unpaired) electrons. The lowest BCUT2D eigenvalue weighted by Gasteiger charge is -2.24. The molecule has 8 heteroatoms. The van der Waals surface area contributed by atoms with Crippen LogP contribution in [0.1, 0.15) is 41.5 Å². The Morgan fingerprint density at radius 2 is 2.25 bits per heavy atom. The number of ether oxygens (including phenoxy) is 1. The highest BCUT2D eigenvalue weighted by Gasteiger charge is 2.33. The van der Waals surface area contributed by atoms with E-state index < -0.39 is 0 Å². The monoisotopic (exact) mass is 332 g/mol. The van der Waals surface area contributed by atoms with Crippen molar-refractivity contribution in [3.05, 3.63) is 29.1 Å². The molecule has 0 aliphatic carbocycles. The molecule has 0 aromatic carbocycles. The number of nitrogens with one attached hydrogen (secondary N) is 2. The van der Waals surface area contributed by atoms with Gasteiger partial charge in [0.2, 0.25) is 5.91 Å². The standard InChI is InChI=1S/C16H24N6O2/c1-10-12(11(2)20-19-10)4-5-15(23)22(3)8-14-13(6-7-24-14)16-17-9-18-21-16/h9,13-14H,4-8H2,1-3H3,(H,19,20)(H,17,18,21)/t13-,14-/m1/s1. The van der Waals surface area contributed by atoms with Crippen molar-refractivity contribution in [1.29, 1.82) is 0 Å². The molecule has 3 heterocycles. The molecule has 1 saturated heterocycles. The zero-order valence-electron chi connectivity index (χ0n) is 14.4. The zero-order valence-corrected chi connectivity index (χ0v) is 14.4. The fourth-order valence-corrected chi connectivity index (χ4v) is 3.27. The van der Waals surface area contributed by atoms with E-state index in [1.54, 1.807) is 4.90 Å². The number of aromatic amines is 2. The number of carbonyl (C=O) groups is 1. The molecule has 8 nitrogen and oxygen atoms in total. The van der Waals surface area contributed by atoms with Gasteiger partial charge in [-0.25, -0.2) is 4.98 Å². The Morgan fingerprint density at radius 1 is 1.42 bits per heavy atom. The molecule has 1 aliphatic rings. The van der Waals surface area contributed by atoms with Crippen molar-refractivity contribution in [2.45, 2.75) is 45.1 Å². The van der Waals surface area contributed by atoms with Crippen LogP contribution in [0.5, 0.6) is 0 Å². The van der Waals surface area contributed by atoms with E-state index in [4.69, 9.17) is 4.74 Å². The van der Waals surface area contributed by atoms with Gasteiger partial charge in [-0.3, -0.25) is 15.0 Å². The Balaban J connectivity index is 1.54. The third-order valence-corrected chi connectivity index (χ3v) is 4.74. The molecule has 0 saturated carbocycles. The van der Waals surface area contributed by atoms with Gasteiger partial charge in [-0.15, -0.1) is 0 Å². The fourth-order valence-electron chi connectivity index (χ4n) is 3.27. The number of aryl methyl sites for hydroxylation is 2. The van der Waals surface area contributed by atoms with Crippen LogP contribution < -0.4 is 0 Å². The number of rotatable bonds is 6. The Hall–Kier alpha value is -2.22. The van der Waals surface area contributed by atoms with Crippen molar-refractivity contribution in [2.24, 2.45) is 0 Å². The van der Waals surface area contributed by atoms with Crippen LogP contribution in [-0.4, -0.2) is 62.5 Å². The average Bonchev–Trinajstić information content (AvgIpc) is 3.28. The van der Waals surface area contributed by atoms with Gasteiger partial charge in [-0.1, -0.05) is 0 Å². The van der Waals surface area contributed by atoms with E-state index in [9.17, 15) is 4.79 Å². The van der Waals surface area contributed by atoms with Gasteiger partial charge in [-0.05, 0) is 32.3 Å². The molecule has 1 amide bonds. The van der Waals surface area contributed by atoms with Crippen molar-refractivity contribution < 1.29 is 9.53 Å². The molecule has 130 valence electrons. The molecular formula is C16H24N6O2. The van der Waals surface area contributed by atoms with Crippen molar-refractivity contribution in [1.82, 2.24) is 30.3 Å². The lowest BCUT2D eigenvalue weighted by molar-refractivity contribution is -0.131. The van der Waals surface area contributed by atoms with Crippen molar-refractivity contribution in [3.63, 3.8) is 0 Å². The maximum atomic E-state index is 12.4. The first-order chi connectivity index (χ1) is 11.6. The second kappa shape index (κ2) is 7.12. The SMILES string of the molecule is Cc1n[nH]c(C)c1CCC(=O)N(C)C[C@H]1OCC[C@H]1c1ncn[nH]1. The lowest BCUT2D eigenvalue weighted by atomic mass is 10.00. The minimum atomic E-state index is -0.0377. The molecule has 2 aromatic rings. The summed E-state index contributed by atoms with van der Waals surface area (Å²) >= 11 is 0. The van der Waals surface area contributed by atoms with E-state index in [0.717, 1.165) is 29.2 Å². The molecule has 3 rings (SSSR count). The Bertz CT molecular complexity index is 661. The second-order valence-electron chi connectivity index (χ2n) is 6.36. The minimum absolute atomic E-state index is 0.0377. The van der Waals surface area contributed by atoms with Gasteiger partial charge in [0.05, 0.1) is 11.8 Å². The highest BCUT2D eigenvalue weighted by atomic mass is 16.5. The highest BCUT2D eigenvalue weighted by molar-refractivity contribution is 5.76. The molecule has 2 atom stereocenters. The van der Waals surface area contributed by atoms with Crippen LogP contribution in [-0.2, 0) is 16.0 Å². The zero-order chi connectivity index (χ0) is 17.1. The summed E-state index contributed by atoms with van der Waals surface area (Å²) < 4.78 is 5.80. The third-order valence-electron chi connectivity index (χ3n) is 4.74. The predicted octanol–water partition coefficient (Wildman–Crippen LogP) is 1.11. The van der Waals surface area contributed by atoms with E-state index in [0.29, 0.717) is 26.0 Å². The molecule has 0 bridgehead atoms. The summed E-state index contributed by atoms with van der Waals surface area (Å²) in [6, 6.07) is 0. The molecule has 1 aliphatic heterocycles. The van der Waals surface area contributed by atoms with Crippen LogP contribution in [0.3, 0.4) is 0 Å². The smallest absolute Gasteiger partial charge is 0.222 e. The number of aromatic nitrogens is 5. The van der Waals surface area contributed by atoms with Crippen LogP contribution >= 0.6 is 0 Å². The van der Waals surface area contributed by atoms with E-state index in [1.807, 2.05) is 20.9 Å². The molecule has 0 unspecified atom stereocenters. The summed E-state index contributed by atoms with van der Waals surface area (Å²) in [5.41, 5.74) is 3.13. The number of hydrogen-bond acceptors (Lipinski definition) is 5. The number of likely N-dealkylation sites (N-methyl/N-ethyl adjacent to an activating group) is 1. The van der Waals surface area contributed by atoms with Gasteiger partial charge in [-0.2, -0.15) is 10.2 Å². The van der Waals surface area contributed by atoms with Crippen molar-refractivity contribution >= 4 is 5.91 Å². The first kappa shape index (κ1) is 16.6. The normalized spacial score (nSPS) is 20.5. The van der Waals surface area contributed by atoms with Crippen LogP contribution in [0.25, 0.3) is 0 Å². The Labute approximate surface area is 141 Å². The third kappa shape index (κ3) is 3.48. The maximum absolute atomic E-state index is 12.4. The molecule has 24 heavy (non-hydrogen) atoms. The van der Waals surface area contributed by atoms with Crippen LogP contribution in [0, 0.1) is 13.8 Å². The Kier molecular flexibility index (Phi) is 4.94.